The molecule has 2 unspecified atom stereocenters. The molecule has 0 aromatic heterocycles. The van der Waals surface area contributed by atoms with Crippen molar-refractivity contribution in [3.8, 4) is 44.5 Å². The van der Waals surface area contributed by atoms with Crippen LogP contribution < -0.4 is 9.80 Å². The maximum Gasteiger partial charge on any atom is 0.0629 e. The Morgan fingerprint density at radius 1 is 0.321 bits per heavy atom. The lowest BCUT2D eigenvalue weighted by Gasteiger charge is -2.28. The van der Waals surface area contributed by atoms with Gasteiger partial charge in [-0.3, -0.25) is 0 Å². The van der Waals surface area contributed by atoms with Crippen LogP contribution in [0.5, 0.6) is 0 Å². The Morgan fingerprint density at radius 2 is 0.679 bits per heavy atom. The van der Waals surface area contributed by atoms with Crippen LogP contribution in [-0.4, -0.2) is 6.04 Å². The van der Waals surface area contributed by atoms with Crippen LogP contribution in [0, 0.1) is 0 Å². The smallest absolute Gasteiger partial charge is 0.0629 e. The number of rotatable bonds is 8. The Balaban J connectivity index is 0.907. The highest BCUT2D eigenvalue weighted by molar-refractivity contribution is 5.82. The number of anilines is 5. The maximum absolute atomic E-state index is 2.48. The molecule has 1 aliphatic carbocycles. The predicted molar refractivity (Wildman–Crippen MR) is 236 cm³/mol. The van der Waals surface area contributed by atoms with Crippen molar-refractivity contribution in [2.75, 3.05) is 9.80 Å². The second-order valence-electron chi connectivity index (χ2n) is 14.5. The first-order chi connectivity index (χ1) is 27.8. The summed E-state index contributed by atoms with van der Waals surface area (Å²) in [6.07, 6.45) is 9.01. The third-order valence-electron chi connectivity index (χ3n) is 11.2. The van der Waals surface area contributed by atoms with Gasteiger partial charge in [0.15, 0.2) is 0 Å². The van der Waals surface area contributed by atoms with Gasteiger partial charge in [0.1, 0.15) is 0 Å². The molecule has 10 rings (SSSR count). The SMILES string of the molecule is C1=CC2c3ccccc3N(c3ccc(-c4ccc(-c5ccc(N(c6ccc(-c7ccccc7)cc6)c6ccc(-c7ccccc7)cc6)cc5)cc4)cc3)C2C=C1. The second kappa shape index (κ2) is 14.6. The fourth-order valence-electron chi connectivity index (χ4n) is 8.38. The molecule has 266 valence electrons. The van der Waals surface area contributed by atoms with E-state index in [1.54, 1.807) is 0 Å². The number of hydrogen-bond donors (Lipinski definition) is 0. The van der Waals surface area contributed by atoms with Crippen LogP contribution in [-0.2, 0) is 0 Å². The summed E-state index contributed by atoms with van der Waals surface area (Å²) in [5.74, 6) is 0.388. The lowest BCUT2D eigenvalue weighted by Crippen LogP contribution is -2.28. The summed E-state index contributed by atoms with van der Waals surface area (Å²) in [6, 6.07) is 74.9. The lowest BCUT2D eigenvalue weighted by molar-refractivity contribution is 0.745. The zero-order valence-corrected chi connectivity index (χ0v) is 31.0. The van der Waals surface area contributed by atoms with Crippen molar-refractivity contribution in [1.29, 1.82) is 0 Å². The van der Waals surface area contributed by atoms with E-state index in [1.165, 1.54) is 61.4 Å². The van der Waals surface area contributed by atoms with Crippen LogP contribution in [0.1, 0.15) is 11.5 Å². The van der Waals surface area contributed by atoms with E-state index in [-0.39, 0.29) is 0 Å². The average Bonchev–Trinajstić information content (AvgIpc) is 3.62. The third kappa shape index (κ3) is 6.32. The predicted octanol–water partition coefficient (Wildman–Crippen LogP) is 14.6. The van der Waals surface area contributed by atoms with E-state index in [2.05, 4.69) is 240 Å². The number of allylic oxidation sites excluding steroid dienone is 2. The van der Waals surface area contributed by atoms with E-state index < -0.39 is 0 Å². The van der Waals surface area contributed by atoms with Crippen LogP contribution >= 0.6 is 0 Å². The molecule has 0 N–H and O–H groups in total. The number of para-hydroxylation sites is 1. The van der Waals surface area contributed by atoms with Crippen LogP contribution in [0.4, 0.5) is 28.4 Å². The molecular weight excluding hydrogens is 677 g/mol. The molecule has 2 heteroatoms. The largest absolute Gasteiger partial charge is 0.333 e. The normalized spacial score (nSPS) is 15.3. The van der Waals surface area contributed by atoms with Crippen LogP contribution in [0.25, 0.3) is 44.5 Å². The van der Waals surface area contributed by atoms with Gasteiger partial charge in [-0.2, -0.15) is 0 Å². The Kier molecular flexibility index (Phi) is 8.70. The van der Waals surface area contributed by atoms with Crippen molar-refractivity contribution in [3.63, 3.8) is 0 Å². The Morgan fingerprint density at radius 3 is 1.14 bits per heavy atom. The molecule has 2 aliphatic rings. The fourth-order valence-corrected chi connectivity index (χ4v) is 8.38. The lowest BCUT2D eigenvalue weighted by atomic mass is 9.91. The minimum Gasteiger partial charge on any atom is -0.333 e. The molecule has 0 radical (unpaired) electrons. The van der Waals surface area contributed by atoms with E-state index in [1.807, 2.05) is 0 Å². The average molecular weight is 717 g/mol. The molecule has 8 aromatic rings. The maximum atomic E-state index is 2.48. The highest BCUT2D eigenvalue weighted by atomic mass is 15.2. The molecule has 0 spiro atoms. The van der Waals surface area contributed by atoms with E-state index in [0.29, 0.717) is 12.0 Å². The first-order valence-corrected chi connectivity index (χ1v) is 19.4. The molecule has 2 nitrogen and oxygen atoms in total. The third-order valence-corrected chi connectivity index (χ3v) is 11.2. The second-order valence-corrected chi connectivity index (χ2v) is 14.5. The van der Waals surface area contributed by atoms with Crippen molar-refractivity contribution in [3.05, 3.63) is 236 Å². The summed E-state index contributed by atoms with van der Waals surface area (Å²) in [6.45, 7) is 0. The molecule has 56 heavy (non-hydrogen) atoms. The van der Waals surface area contributed by atoms with Crippen molar-refractivity contribution >= 4 is 28.4 Å². The first kappa shape index (κ1) is 33.4. The van der Waals surface area contributed by atoms with Crippen molar-refractivity contribution < 1.29 is 0 Å². The number of nitrogens with zero attached hydrogens (tertiary/aromatic N) is 2. The molecule has 1 heterocycles. The summed E-state index contributed by atoms with van der Waals surface area (Å²) in [4.78, 5) is 4.82. The zero-order valence-electron chi connectivity index (χ0n) is 31.0. The first-order valence-electron chi connectivity index (χ1n) is 19.4. The van der Waals surface area contributed by atoms with Crippen molar-refractivity contribution in [2.24, 2.45) is 0 Å². The molecule has 0 bridgehead atoms. The molecule has 0 fully saturated rings. The number of hydrogen-bond acceptors (Lipinski definition) is 2. The van der Waals surface area contributed by atoms with Gasteiger partial charge >= 0.3 is 0 Å². The van der Waals surface area contributed by atoms with Crippen LogP contribution in [0.3, 0.4) is 0 Å². The van der Waals surface area contributed by atoms with Gasteiger partial charge in [0.2, 0.25) is 0 Å². The van der Waals surface area contributed by atoms with Gasteiger partial charge in [-0.25, -0.2) is 0 Å². The van der Waals surface area contributed by atoms with Crippen molar-refractivity contribution in [1.82, 2.24) is 0 Å². The minimum atomic E-state index is 0.307. The van der Waals surface area contributed by atoms with Crippen LogP contribution in [0.2, 0.25) is 0 Å². The molecule has 1 aliphatic heterocycles. The molecule has 0 saturated carbocycles. The standard InChI is InChI=1S/C54H40N2/c1-3-11-39(12-4-1)43-23-31-47(32-24-43)55(48-33-25-44(26-34-48)40-13-5-2-6-14-40)49-35-27-45(28-36-49)41-19-21-42(22-20-41)46-29-37-50(38-30-46)56-53-17-9-7-15-51(53)52-16-8-10-18-54(52)56/h1-38,51,53H. The summed E-state index contributed by atoms with van der Waals surface area (Å²) in [7, 11) is 0. The van der Waals surface area contributed by atoms with E-state index in [9.17, 15) is 0 Å². The topological polar surface area (TPSA) is 6.48 Å². The summed E-state index contributed by atoms with van der Waals surface area (Å²) < 4.78 is 0. The van der Waals surface area contributed by atoms with Gasteiger partial charge < -0.3 is 9.80 Å². The van der Waals surface area contributed by atoms with Gasteiger partial charge in [-0.05, 0) is 105 Å². The molecule has 2 atom stereocenters. The van der Waals surface area contributed by atoms with Gasteiger partial charge in [-0.1, -0.05) is 176 Å². The highest BCUT2D eigenvalue weighted by Gasteiger charge is 2.36. The Labute approximate surface area is 329 Å². The van der Waals surface area contributed by atoms with Gasteiger partial charge in [0.25, 0.3) is 0 Å². The monoisotopic (exact) mass is 716 g/mol. The number of benzene rings is 8. The molecular formula is C54H40N2. The van der Waals surface area contributed by atoms with E-state index in [0.717, 1.165) is 17.1 Å². The Bertz CT molecular complexity index is 2560. The summed E-state index contributed by atoms with van der Waals surface area (Å²) in [5, 5.41) is 0. The molecule has 0 saturated heterocycles. The van der Waals surface area contributed by atoms with Gasteiger partial charge in [0, 0.05) is 34.4 Å². The Hall–Kier alpha value is -7.16. The summed E-state index contributed by atoms with van der Waals surface area (Å²) >= 11 is 0. The molecule has 0 amide bonds. The summed E-state index contributed by atoms with van der Waals surface area (Å²) in [5.41, 5.74) is 16.9. The quantitative estimate of drug-likeness (QED) is 0.154. The van der Waals surface area contributed by atoms with Crippen LogP contribution in [0.15, 0.2) is 231 Å². The zero-order chi connectivity index (χ0) is 37.3. The minimum absolute atomic E-state index is 0.307. The van der Waals surface area contributed by atoms with Gasteiger partial charge in [-0.15, -0.1) is 0 Å². The van der Waals surface area contributed by atoms with Crippen molar-refractivity contribution in [2.45, 2.75) is 12.0 Å². The van der Waals surface area contributed by atoms with Gasteiger partial charge in [0.05, 0.1) is 6.04 Å². The van der Waals surface area contributed by atoms with E-state index in [4.69, 9.17) is 0 Å². The fraction of sp³-hybridized carbons (Fsp3) is 0.0370. The number of fused-ring (bicyclic) bond motifs is 3. The molecule has 8 aromatic carbocycles. The highest BCUT2D eigenvalue weighted by Crippen LogP contribution is 2.47. The van der Waals surface area contributed by atoms with E-state index >= 15 is 0 Å².